The molecule has 0 fully saturated rings. The maximum Gasteiger partial charge on any atom is 0.197 e. The lowest BCUT2D eigenvalue weighted by molar-refractivity contribution is 0.985. The van der Waals surface area contributed by atoms with Crippen LogP contribution in [0.2, 0.25) is 0 Å². The summed E-state index contributed by atoms with van der Waals surface area (Å²) in [6.45, 7) is 2.10. The minimum atomic E-state index is 0.322. The Labute approximate surface area is 95.9 Å². The van der Waals surface area contributed by atoms with Crippen LogP contribution in [-0.2, 0) is 6.42 Å². The van der Waals surface area contributed by atoms with E-state index in [1.165, 1.54) is 21.6 Å². The molecule has 80 valence electrons. The van der Waals surface area contributed by atoms with Crippen LogP contribution in [0.25, 0.3) is 16.6 Å². The average Bonchev–Trinajstić information content (AvgIpc) is 2.31. The molecule has 1 nitrogen and oxygen atoms in total. The van der Waals surface area contributed by atoms with Crippen LogP contribution in [0.1, 0.15) is 23.1 Å². The van der Waals surface area contributed by atoms with Gasteiger partial charge in [-0.05, 0) is 30.7 Å². The van der Waals surface area contributed by atoms with Gasteiger partial charge in [-0.2, -0.15) is 0 Å². The Morgan fingerprint density at radius 1 is 1.31 bits per heavy atom. The lowest BCUT2D eigenvalue weighted by atomic mass is 9.97. The van der Waals surface area contributed by atoms with Gasteiger partial charge < -0.3 is 0 Å². The molecule has 1 atom stereocenters. The number of allylic oxidation sites excluding steroid dienone is 1. The first-order valence-corrected chi connectivity index (χ1v) is 6.58. The van der Waals surface area contributed by atoms with Gasteiger partial charge in [-0.1, -0.05) is 44.1 Å². The zero-order valence-corrected chi connectivity index (χ0v) is 10.2. The van der Waals surface area contributed by atoms with Gasteiger partial charge in [0.1, 0.15) is 0 Å². The minimum Gasteiger partial charge on any atom is -0.285 e. The van der Waals surface area contributed by atoms with Crippen molar-refractivity contribution in [1.29, 1.82) is 0 Å². The first-order valence-electron chi connectivity index (χ1n) is 5.58. The highest BCUT2D eigenvalue weighted by atomic mass is 31.0. The molecule has 2 heteroatoms. The quantitative estimate of drug-likeness (QED) is 0.674. The summed E-state index contributed by atoms with van der Waals surface area (Å²) in [4.78, 5) is 12.0. The molecule has 0 radical (unpaired) electrons. The molecular formula is C14H13OP. The van der Waals surface area contributed by atoms with Crippen molar-refractivity contribution in [3.8, 4) is 0 Å². The lowest BCUT2D eigenvalue weighted by Crippen LogP contribution is -2.08. The lowest BCUT2D eigenvalue weighted by Gasteiger charge is -2.12. The highest BCUT2D eigenvalue weighted by Gasteiger charge is 2.12. The molecule has 0 spiro atoms. The third-order valence-corrected chi connectivity index (χ3v) is 4.39. The van der Waals surface area contributed by atoms with Crippen molar-refractivity contribution in [3.63, 3.8) is 0 Å². The van der Waals surface area contributed by atoms with E-state index in [9.17, 15) is 4.79 Å². The van der Waals surface area contributed by atoms with Gasteiger partial charge in [-0.25, -0.2) is 0 Å². The summed E-state index contributed by atoms with van der Waals surface area (Å²) < 4.78 is 0. The van der Waals surface area contributed by atoms with Crippen LogP contribution in [-0.4, -0.2) is 0 Å². The van der Waals surface area contributed by atoms with E-state index in [2.05, 4.69) is 37.3 Å². The fourth-order valence-electron chi connectivity index (χ4n) is 2.34. The number of aryl methyl sites for hydroxylation is 1. The number of benzene rings is 1. The molecule has 0 saturated heterocycles. The first-order chi connectivity index (χ1) is 7.75. The summed E-state index contributed by atoms with van der Waals surface area (Å²) in [5.41, 5.74) is 3.50. The molecule has 2 aromatic rings. The van der Waals surface area contributed by atoms with Crippen LogP contribution in [0.15, 0.2) is 29.1 Å². The van der Waals surface area contributed by atoms with Crippen LogP contribution in [0.4, 0.5) is 0 Å². The Kier molecular flexibility index (Phi) is 2.22. The van der Waals surface area contributed by atoms with E-state index in [-0.39, 0.29) is 0 Å². The molecule has 0 aliphatic heterocycles. The second kappa shape index (κ2) is 3.61. The Morgan fingerprint density at radius 2 is 2.19 bits per heavy atom. The fraction of sp³-hybridized carbons (Fsp3) is 0.214. The van der Waals surface area contributed by atoms with E-state index in [1.54, 1.807) is 0 Å². The van der Waals surface area contributed by atoms with Crippen molar-refractivity contribution in [2.45, 2.75) is 19.8 Å². The van der Waals surface area contributed by atoms with Crippen LogP contribution in [0.5, 0.6) is 0 Å². The SMILES string of the molecule is Cc1ccc2[pH]c(=O)c3c(c2c1)C=CCC3. The second-order valence-electron chi connectivity index (χ2n) is 4.34. The standard InChI is InChI=1S/C14H13OP/c1-9-6-7-13-12(8-9)10-4-2-3-5-11(10)14(15)16-13/h2,4,6-8,16H,3,5H2,1H3. The smallest absolute Gasteiger partial charge is 0.197 e. The van der Waals surface area contributed by atoms with Crippen molar-refractivity contribution in [1.82, 2.24) is 0 Å². The Hall–Kier alpha value is -1.33. The van der Waals surface area contributed by atoms with E-state index in [1.807, 2.05) is 0 Å². The molecule has 0 amide bonds. The van der Waals surface area contributed by atoms with Gasteiger partial charge >= 0.3 is 0 Å². The van der Waals surface area contributed by atoms with Crippen LogP contribution in [0.3, 0.4) is 0 Å². The third-order valence-electron chi connectivity index (χ3n) is 3.16. The van der Waals surface area contributed by atoms with E-state index < -0.39 is 0 Å². The van der Waals surface area contributed by atoms with E-state index in [0.29, 0.717) is 13.4 Å². The van der Waals surface area contributed by atoms with Gasteiger partial charge in [-0.15, -0.1) is 0 Å². The van der Waals surface area contributed by atoms with Crippen LogP contribution < -0.4 is 5.16 Å². The molecule has 0 saturated carbocycles. The molecule has 3 rings (SSSR count). The van der Waals surface area contributed by atoms with Gasteiger partial charge in [0.05, 0.1) is 0 Å². The summed E-state index contributed by atoms with van der Waals surface area (Å²) in [5.74, 6) is 0. The van der Waals surface area contributed by atoms with Gasteiger partial charge in [0.15, 0.2) is 5.16 Å². The Morgan fingerprint density at radius 3 is 3.06 bits per heavy atom. The Balaban J connectivity index is 2.50. The predicted molar refractivity (Wildman–Crippen MR) is 71.8 cm³/mol. The highest BCUT2D eigenvalue weighted by Crippen LogP contribution is 2.30. The van der Waals surface area contributed by atoms with Crippen molar-refractivity contribution in [3.05, 3.63) is 50.9 Å². The third kappa shape index (κ3) is 1.44. The van der Waals surface area contributed by atoms with Crippen molar-refractivity contribution >= 4 is 24.8 Å². The maximum atomic E-state index is 12.0. The van der Waals surface area contributed by atoms with E-state index >= 15 is 0 Å². The van der Waals surface area contributed by atoms with Crippen molar-refractivity contribution in [2.24, 2.45) is 0 Å². The second-order valence-corrected chi connectivity index (χ2v) is 5.58. The zero-order chi connectivity index (χ0) is 11.1. The topological polar surface area (TPSA) is 17.1 Å². The largest absolute Gasteiger partial charge is 0.285 e. The fourth-order valence-corrected chi connectivity index (χ4v) is 3.50. The molecule has 1 aliphatic carbocycles. The van der Waals surface area contributed by atoms with E-state index in [4.69, 9.17) is 0 Å². The molecule has 16 heavy (non-hydrogen) atoms. The van der Waals surface area contributed by atoms with E-state index in [0.717, 1.165) is 18.4 Å². The van der Waals surface area contributed by atoms with Crippen molar-refractivity contribution < 1.29 is 0 Å². The number of rotatable bonds is 0. The summed E-state index contributed by atoms with van der Waals surface area (Å²) in [6.07, 6.45) is 6.23. The van der Waals surface area contributed by atoms with Crippen molar-refractivity contribution in [2.75, 3.05) is 0 Å². The highest BCUT2D eigenvalue weighted by molar-refractivity contribution is 7.35. The van der Waals surface area contributed by atoms with Gasteiger partial charge in [0, 0.05) is 10.7 Å². The molecule has 1 unspecified atom stereocenters. The summed E-state index contributed by atoms with van der Waals surface area (Å²) in [7, 11) is 0.322. The van der Waals surface area contributed by atoms with Crippen LogP contribution in [0, 0.1) is 6.92 Å². The summed E-state index contributed by atoms with van der Waals surface area (Å²) >= 11 is 0. The molecule has 1 heterocycles. The van der Waals surface area contributed by atoms with Gasteiger partial charge in [0.2, 0.25) is 0 Å². The molecule has 1 aromatic heterocycles. The number of hydrogen-bond donors (Lipinski definition) is 0. The zero-order valence-electron chi connectivity index (χ0n) is 9.21. The Bertz CT molecular complexity index is 650. The average molecular weight is 228 g/mol. The molecule has 0 N–H and O–H groups in total. The maximum absolute atomic E-state index is 12.0. The molecule has 1 aliphatic rings. The summed E-state index contributed by atoms with van der Waals surface area (Å²) in [6, 6.07) is 6.41. The first kappa shape index (κ1) is 9.86. The van der Waals surface area contributed by atoms with Gasteiger partial charge in [0.25, 0.3) is 0 Å². The molecular weight excluding hydrogens is 215 g/mol. The molecule has 1 aromatic carbocycles. The predicted octanol–water partition coefficient (Wildman–Crippen LogP) is 3.50. The minimum absolute atomic E-state index is 0.322. The normalized spacial score (nSPS) is 14.6. The molecule has 0 bridgehead atoms. The number of fused-ring (bicyclic) bond motifs is 3. The van der Waals surface area contributed by atoms with Gasteiger partial charge in [-0.3, -0.25) is 4.79 Å². The monoisotopic (exact) mass is 228 g/mol. The number of hydrogen-bond acceptors (Lipinski definition) is 1. The van der Waals surface area contributed by atoms with Crippen LogP contribution >= 0.6 is 8.19 Å². The summed E-state index contributed by atoms with van der Waals surface area (Å²) in [5, 5.41) is 2.83.